The monoisotopic (exact) mass is 477 g/mol. The van der Waals surface area contributed by atoms with Crippen molar-refractivity contribution < 1.29 is 17.9 Å². The van der Waals surface area contributed by atoms with Gasteiger partial charge in [0.1, 0.15) is 0 Å². The van der Waals surface area contributed by atoms with E-state index in [-0.39, 0.29) is 22.9 Å². The average Bonchev–Trinajstić information content (AvgIpc) is 2.88. The Morgan fingerprint density at radius 1 is 1.00 bits per heavy atom. The lowest BCUT2D eigenvalue weighted by molar-refractivity contribution is 0.102. The standard InChI is InChI=1S/C26H27N3O4S/c1-2-15-29(22-10-4-3-5-11-22)34(31,32)23-12-8-9-21(20-23)26(30)27-24-13-6-7-14-25(24)28-16-18-33-19-17-28/h2-14,20H,1,15-19H2,(H,27,30). The lowest BCUT2D eigenvalue weighted by Crippen LogP contribution is -2.36. The van der Waals surface area contributed by atoms with Gasteiger partial charge >= 0.3 is 0 Å². The first-order valence-electron chi connectivity index (χ1n) is 11.0. The quantitative estimate of drug-likeness (QED) is 0.493. The summed E-state index contributed by atoms with van der Waals surface area (Å²) in [6, 6.07) is 22.5. The number of rotatable bonds is 8. The van der Waals surface area contributed by atoms with Crippen LogP contribution in [0.1, 0.15) is 10.4 Å². The summed E-state index contributed by atoms with van der Waals surface area (Å²) in [5.41, 5.74) is 2.35. The van der Waals surface area contributed by atoms with Crippen molar-refractivity contribution in [2.24, 2.45) is 0 Å². The molecule has 0 unspecified atom stereocenters. The molecule has 1 heterocycles. The fraction of sp³-hybridized carbons (Fsp3) is 0.192. The van der Waals surface area contributed by atoms with Gasteiger partial charge in [-0.05, 0) is 42.5 Å². The zero-order valence-corrected chi connectivity index (χ0v) is 19.6. The van der Waals surface area contributed by atoms with Gasteiger partial charge in [-0.1, -0.05) is 42.5 Å². The Bertz CT molecular complexity index is 1260. The Balaban J connectivity index is 1.60. The molecule has 0 aromatic heterocycles. The van der Waals surface area contributed by atoms with E-state index in [9.17, 15) is 13.2 Å². The second-order valence-corrected chi connectivity index (χ2v) is 9.62. The number of anilines is 3. The molecule has 8 heteroatoms. The molecule has 7 nitrogen and oxygen atoms in total. The van der Waals surface area contributed by atoms with Crippen LogP contribution in [-0.4, -0.2) is 47.2 Å². The van der Waals surface area contributed by atoms with Crippen molar-refractivity contribution in [2.45, 2.75) is 4.90 Å². The van der Waals surface area contributed by atoms with E-state index >= 15 is 0 Å². The summed E-state index contributed by atoms with van der Waals surface area (Å²) in [6.07, 6.45) is 1.53. The van der Waals surface area contributed by atoms with Gasteiger partial charge in [-0.25, -0.2) is 8.42 Å². The number of ether oxygens (including phenoxy) is 1. The fourth-order valence-corrected chi connectivity index (χ4v) is 5.31. The van der Waals surface area contributed by atoms with Crippen molar-refractivity contribution in [1.82, 2.24) is 0 Å². The summed E-state index contributed by atoms with van der Waals surface area (Å²) in [5.74, 6) is -0.382. The number of nitrogens with zero attached hydrogens (tertiary/aromatic N) is 2. The van der Waals surface area contributed by atoms with E-state index in [4.69, 9.17) is 4.74 Å². The number of carbonyl (C=O) groups excluding carboxylic acids is 1. The van der Waals surface area contributed by atoms with Gasteiger partial charge in [0.25, 0.3) is 15.9 Å². The predicted octanol–water partition coefficient (Wildman–Crippen LogP) is 4.16. The first kappa shape index (κ1) is 23.5. The van der Waals surface area contributed by atoms with Gasteiger partial charge in [0.15, 0.2) is 0 Å². The highest BCUT2D eigenvalue weighted by Crippen LogP contribution is 2.28. The molecule has 1 aliphatic heterocycles. The number of hydrogen-bond acceptors (Lipinski definition) is 5. The molecule has 1 amide bonds. The lowest BCUT2D eigenvalue weighted by atomic mass is 10.2. The first-order valence-corrected chi connectivity index (χ1v) is 12.5. The van der Waals surface area contributed by atoms with Crippen LogP contribution in [0.15, 0.2) is 96.4 Å². The number of para-hydroxylation sites is 3. The normalized spacial score (nSPS) is 13.8. The summed E-state index contributed by atoms with van der Waals surface area (Å²) < 4.78 is 33.6. The van der Waals surface area contributed by atoms with Crippen LogP contribution in [0.2, 0.25) is 0 Å². The largest absolute Gasteiger partial charge is 0.378 e. The van der Waals surface area contributed by atoms with Crippen LogP contribution in [0, 0.1) is 0 Å². The van der Waals surface area contributed by atoms with Crippen LogP contribution < -0.4 is 14.5 Å². The number of benzene rings is 3. The molecule has 34 heavy (non-hydrogen) atoms. The van der Waals surface area contributed by atoms with Crippen molar-refractivity contribution in [3.05, 3.63) is 97.1 Å². The smallest absolute Gasteiger partial charge is 0.264 e. The van der Waals surface area contributed by atoms with Gasteiger partial charge in [0.2, 0.25) is 0 Å². The molecule has 0 radical (unpaired) electrons. The molecule has 1 N–H and O–H groups in total. The number of sulfonamides is 1. The van der Waals surface area contributed by atoms with E-state index in [2.05, 4.69) is 16.8 Å². The summed E-state index contributed by atoms with van der Waals surface area (Å²) in [7, 11) is -3.91. The molecular weight excluding hydrogens is 450 g/mol. The van der Waals surface area contributed by atoms with Crippen molar-refractivity contribution >= 4 is 33.0 Å². The zero-order valence-electron chi connectivity index (χ0n) is 18.8. The second kappa shape index (κ2) is 10.5. The SMILES string of the molecule is C=CCN(c1ccccc1)S(=O)(=O)c1cccc(C(=O)Nc2ccccc2N2CCOCC2)c1. The molecule has 0 aliphatic carbocycles. The highest BCUT2D eigenvalue weighted by atomic mass is 32.2. The number of morpholine rings is 1. The van der Waals surface area contributed by atoms with E-state index in [1.165, 1.54) is 22.5 Å². The van der Waals surface area contributed by atoms with Crippen LogP contribution in [-0.2, 0) is 14.8 Å². The van der Waals surface area contributed by atoms with Gasteiger partial charge in [0.05, 0.1) is 41.7 Å². The minimum Gasteiger partial charge on any atom is -0.378 e. The number of nitrogens with one attached hydrogen (secondary N) is 1. The van der Waals surface area contributed by atoms with E-state index in [1.54, 1.807) is 36.4 Å². The highest BCUT2D eigenvalue weighted by Gasteiger charge is 2.25. The first-order chi connectivity index (χ1) is 16.5. The minimum absolute atomic E-state index is 0.0346. The van der Waals surface area contributed by atoms with Crippen molar-refractivity contribution in [2.75, 3.05) is 47.4 Å². The Labute approximate surface area is 200 Å². The maximum Gasteiger partial charge on any atom is 0.264 e. The maximum absolute atomic E-state index is 13.4. The zero-order chi connectivity index (χ0) is 24.0. The summed E-state index contributed by atoms with van der Waals surface area (Å²) in [4.78, 5) is 15.3. The number of amides is 1. The van der Waals surface area contributed by atoms with E-state index in [0.717, 1.165) is 18.8 Å². The van der Waals surface area contributed by atoms with Crippen LogP contribution in [0.5, 0.6) is 0 Å². The number of hydrogen-bond donors (Lipinski definition) is 1. The summed E-state index contributed by atoms with van der Waals surface area (Å²) in [6.45, 7) is 6.53. The van der Waals surface area contributed by atoms with Gasteiger partial charge in [-0.3, -0.25) is 9.10 Å². The Morgan fingerprint density at radius 2 is 1.71 bits per heavy atom. The molecule has 0 saturated carbocycles. The molecule has 0 bridgehead atoms. The Hall–Kier alpha value is -3.62. The van der Waals surface area contributed by atoms with Crippen LogP contribution in [0.25, 0.3) is 0 Å². The molecule has 3 aromatic rings. The second-order valence-electron chi connectivity index (χ2n) is 7.76. The predicted molar refractivity (Wildman–Crippen MR) is 135 cm³/mol. The summed E-state index contributed by atoms with van der Waals surface area (Å²) in [5, 5.41) is 2.94. The molecule has 0 spiro atoms. The van der Waals surface area contributed by atoms with Crippen LogP contribution >= 0.6 is 0 Å². The molecule has 1 aliphatic rings. The van der Waals surface area contributed by atoms with Gasteiger partial charge in [-0.15, -0.1) is 6.58 Å². The van der Waals surface area contributed by atoms with Crippen LogP contribution in [0.3, 0.4) is 0 Å². The van der Waals surface area contributed by atoms with Crippen molar-refractivity contribution in [3.63, 3.8) is 0 Å². The molecule has 1 saturated heterocycles. The molecule has 1 fully saturated rings. The Morgan fingerprint density at radius 3 is 2.44 bits per heavy atom. The van der Waals surface area contributed by atoms with Gasteiger partial charge in [-0.2, -0.15) is 0 Å². The third-order valence-corrected chi connectivity index (χ3v) is 7.32. The van der Waals surface area contributed by atoms with Gasteiger partial charge in [0, 0.05) is 18.7 Å². The molecule has 176 valence electrons. The Kier molecular flexibility index (Phi) is 7.30. The van der Waals surface area contributed by atoms with Crippen LogP contribution in [0.4, 0.5) is 17.1 Å². The molecule has 3 aromatic carbocycles. The summed E-state index contributed by atoms with van der Waals surface area (Å²) >= 11 is 0. The van der Waals surface area contributed by atoms with Crippen molar-refractivity contribution in [3.8, 4) is 0 Å². The third-order valence-electron chi connectivity index (χ3n) is 5.53. The van der Waals surface area contributed by atoms with E-state index in [1.807, 2.05) is 30.3 Å². The maximum atomic E-state index is 13.4. The average molecular weight is 478 g/mol. The highest BCUT2D eigenvalue weighted by molar-refractivity contribution is 7.92. The lowest BCUT2D eigenvalue weighted by Gasteiger charge is -2.30. The van der Waals surface area contributed by atoms with Crippen molar-refractivity contribution in [1.29, 1.82) is 0 Å². The third kappa shape index (κ3) is 5.13. The molecular formula is C26H27N3O4S. The minimum atomic E-state index is -3.91. The van der Waals surface area contributed by atoms with E-state index in [0.29, 0.717) is 24.6 Å². The topological polar surface area (TPSA) is 79.0 Å². The molecule has 4 rings (SSSR count). The fourth-order valence-electron chi connectivity index (χ4n) is 3.83. The molecule has 0 atom stereocenters. The van der Waals surface area contributed by atoms with Gasteiger partial charge < -0.3 is 15.0 Å². The van der Waals surface area contributed by atoms with E-state index < -0.39 is 10.0 Å². The number of carbonyl (C=O) groups is 1.